The zero-order valence-corrected chi connectivity index (χ0v) is 11.8. The second kappa shape index (κ2) is 6.90. The fourth-order valence-corrected chi connectivity index (χ4v) is 2.10. The smallest absolute Gasteiger partial charge is 0.336 e. The lowest BCUT2D eigenvalue weighted by Gasteiger charge is -2.09. The van der Waals surface area contributed by atoms with Crippen LogP contribution in [-0.2, 0) is 20.7 Å². The molecule has 21 heavy (non-hydrogen) atoms. The van der Waals surface area contributed by atoms with E-state index in [1.54, 1.807) is 0 Å². The van der Waals surface area contributed by atoms with Crippen molar-refractivity contribution in [3.05, 3.63) is 36.0 Å². The normalized spacial score (nSPS) is 12.1. The molecule has 6 nitrogen and oxygen atoms in total. The van der Waals surface area contributed by atoms with E-state index in [0.717, 1.165) is 16.5 Å². The third kappa shape index (κ3) is 3.82. The molecule has 2 rings (SSSR count). The third-order valence-electron chi connectivity index (χ3n) is 3.26. The standard InChI is InChI=1S/C15H18N2O4/c1-21-15(20)13(18)9-17-14(19)7-6-10-8-16-12-5-3-2-4-11(10)12/h2-5,8,13,16,18H,6-7,9H2,1H3,(H,17,19). The number of aryl methyl sites for hydroxylation is 1. The lowest BCUT2D eigenvalue weighted by molar-refractivity contribution is -0.150. The van der Waals surface area contributed by atoms with Crippen LogP contribution in [0.15, 0.2) is 30.5 Å². The van der Waals surface area contributed by atoms with Gasteiger partial charge in [-0.3, -0.25) is 4.79 Å². The monoisotopic (exact) mass is 290 g/mol. The van der Waals surface area contributed by atoms with E-state index in [2.05, 4.69) is 15.0 Å². The number of carbonyl (C=O) groups excluding carboxylic acids is 2. The van der Waals surface area contributed by atoms with Gasteiger partial charge in [0, 0.05) is 23.5 Å². The van der Waals surface area contributed by atoms with Crippen LogP contribution < -0.4 is 5.32 Å². The Bertz CT molecular complexity index is 635. The number of methoxy groups -OCH3 is 1. The van der Waals surface area contributed by atoms with Gasteiger partial charge in [-0.05, 0) is 18.1 Å². The number of aliphatic hydroxyl groups is 1. The fourth-order valence-electron chi connectivity index (χ4n) is 2.10. The molecule has 1 aromatic heterocycles. The fraction of sp³-hybridized carbons (Fsp3) is 0.333. The van der Waals surface area contributed by atoms with E-state index in [1.165, 1.54) is 7.11 Å². The Balaban J connectivity index is 1.83. The number of aromatic amines is 1. The summed E-state index contributed by atoms with van der Waals surface area (Å²) in [5.74, 6) is -0.977. The van der Waals surface area contributed by atoms with Gasteiger partial charge >= 0.3 is 5.97 Å². The van der Waals surface area contributed by atoms with Crippen molar-refractivity contribution in [3.63, 3.8) is 0 Å². The lowest BCUT2D eigenvalue weighted by Crippen LogP contribution is -2.37. The van der Waals surface area contributed by atoms with Gasteiger partial charge in [0.15, 0.2) is 6.10 Å². The minimum absolute atomic E-state index is 0.139. The number of ether oxygens (including phenoxy) is 1. The molecule has 1 atom stereocenters. The van der Waals surface area contributed by atoms with Crippen LogP contribution in [-0.4, -0.2) is 41.7 Å². The number of aliphatic hydroxyl groups excluding tert-OH is 1. The molecule has 1 unspecified atom stereocenters. The molecule has 0 fully saturated rings. The van der Waals surface area contributed by atoms with Gasteiger partial charge in [-0.2, -0.15) is 0 Å². The van der Waals surface area contributed by atoms with Crippen molar-refractivity contribution in [1.82, 2.24) is 10.3 Å². The largest absolute Gasteiger partial charge is 0.467 e. The van der Waals surface area contributed by atoms with Crippen molar-refractivity contribution < 1.29 is 19.4 Å². The van der Waals surface area contributed by atoms with Crippen LogP contribution >= 0.6 is 0 Å². The summed E-state index contributed by atoms with van der Waals surface area (Å²) in [6.07, 6.45) is 1.44. The van der Waals surface area contributed by atoms with Gasteiger partial charge in [0.2, 0.25) is 5.91 Å². The second-order valence-corrected chi connectivity index (χ2v) is 4.70. The third-order valence-corrected chi connectivity index (χ3v) is 3.26. The number of para-hydroxylation sites is 1. The van der Waals surface area contributed by atoms with Gasteiger partial charge in [0.25, 0.3) is 0 Å². The number of hydrogen-bond acceptors (Lipinski definition) is 4. The summed E-state index contributed by atoms with van der Waals surface area (Å²) in [5, 5.41) is 13.0. The summed E-state index contributed by atoms with van der Waals surface area (Å²) in [6.45, 7) is -0.139. The van der Waals surface area contributed by atoms with Crippen molar-refractivity contribution in [2.75, 3.05) is 13.7 Å². The Morgan fingerprint density at radius 3 is 2.90 bits per heavy atom. The molecule has 0 aliphatic heterocycles. The zero-order chi connectivity index (χ0) is 15.2. The average Bonchev–Trinajstić information content (AvgIpc) is 2.93. The molecule has 1 aromatic carbocycles. The first-order valence-corrected chi connectivity index (χ1v) is 6.69. The highest BCUT2D eigenvalue weighted by Crippen LogP contribution is 2.18. The summed E-state index contributed by atoms with van der Waals surface area (Å²) < 4.78 is 4.37. The number of esters is 1. The van der Waals surface area contributed by atoms with Gasteiger partial charge in [-0.15, -0.1) is 0 Å². The molecule has 112 valence electrons. The molecule has 2 aromatic rings. The molecule has 1 amide bonds. The van der Waals surface area contributed by atoms with Crippen LogP contribution in [0.4, 0.5) is 0 Å². The number of nitrogens with one attached hydrogen (secondary N) is 2. The first kappa shape index (κ1) is 15.1. The number of carbonyl (C=O) groups is 2. The van der Waals surface area contributed by atoms with Crippen molar-refractivity contribution in [2.24, 2.45) is 0 Å². The molecule has 0 radical (unpaired) electrons. The van der Waals surface area contributed by atoms with E-state index in [4.69, 9.17) is 0 Å². The number of amides is 1. The van der Waals surface area contributed by atoms with E-state index in [9.17, 15) is 14.7 Å². The number of rotatable bonds is 6. The van der Waals surface area contributed by atoms with Gasteiger partial charge < -0.3 is 20.1 Å². The van der Waals surface area contributed by atoms with Crippen molar-refractivity contribution in [1.29, 1.82) is 0 Å². The maximum absolute atomic E-state index is 11.7. The van der Waals surface area contributed by atoms with Gasteiger partial charge in [0.05, 0.1) is 13.7 Å². The first-order valence-electron chi connectivity index (χ1n) is 6.69. The Morgan fingerprint density at radius 2 is 2.14 bits per heavy atom. The Kier molecular flexibility index (Phi) is 4.94. The second-order valence-electron chi connectivity index (χ2n) is 4.70. The maximum Gasteiger partial charge on any atom is 0.336 e. The van der Waals surface area contributed by atoms with Crippen LogP contribution in [0.3, 0.4) is 0 Å². The molecule has 0 bridgehead atoms. The Labute approximate surface area is 122 Å². The zero-order valence-electron chi connectivity index (χ0n) is 11.8. The van der Waals surface area contributed by atoms with E-state index < -0.39 is 12.1 Å². The number of hydrogen-bond donors (Lipinski definition) is 3. The highest BCUT2D eigenvalue weighted by molar-refractivity contribution is 5.84. The lowest BCUT2D eigenvalue weighted by atomic mass is 10.1. The molecule has 0 saturated carbocycles. The maximum atomic E-state index is 11.7. The molecule has 0 saturated heterocycles. The highest BCUT2D eigenvalue weighted by atomic mass is 16.5. The number of H-pyrrole nitrogens is 1. The topological polar surface area (TPSA) is 91.4 Å². The van der Waals surface area contributed by atoms with Crippen molar-refractivity contribution in [3.8, 4) is 0 Å². The van der Waals surface area contributed by atoms with Crippen LogP contribution in [0.25, 0.3) is 10.9 Å². The molecular weight excluding hydrogens is 272 g/mol. The molecular formula is C15H18N2O4. The minimum Gasteiger partial charge on any atom is -0.467 e. The molecule has 0 aliphatic carbocycles. The summed E-state index contributed by atoms with van der Waals surface area (Å²) in [4.78, 5) is 25.8. The van der Waals surface area contributed by atoms with E-state index >= 15 is 0 Å². The van der Waals surface area contributed by atoms with Crippen LogP contribution in [0.1, 0.15) is 12.0 Å². The summed E-state index contributed by atoms with van der Waals surface area (Å²) >= 11 is 0. The first-order chi connectivity index (χ1) is 10.1. The SMILES string of the molecule is COC(=O)C(O)CNC(=O)CCc1c[nH]c2ccccc12. The number of fused-ring (bicyclic) bond motifs is 1. The van der Waals surface area contributed by atoms with Crippen molar-refractivity contribution >= 4 is 22.8 Å². The average molecular weight is 290 g/mol. The van der Waals surface area contributed by atoms with E-state index in [0.29, 0.717) is 6.42 Å². The molecule has 0 aliphatic rings. The predicted octanol–water partition coefficient (Wildman–Crippen LogP) is 0.751. The number of aromatic nitrogens is 1. The van der Waals surface area contributed by atoms with Gasteiger partial charge in [-0.1, -0.05) is 18.2 Å². The summed E-state index contributed by atoms with van der Waals surface area (Å²) in [5.41, 5.74) is 2.10. The predicted molar refractivity (Wildman–Crippen MR) is 77.7 cm³/mol. The van der Waals surface area contributed by atoms with E-state index in [-0.39, 0.29) is 18.9 Å². The quantitative estimate of drug-likeness (QED) is 0.685. The van der Waals surface area contributed by atoms with Crippen LogP contribution in [0.2, 0.25) is 0 Å². The summed E-state index contributed by atoms with van der Waals surface area (Å²) in [6, 6.07) is 7.88. The molecule has 0 spiro atoms. The summed E-state index contributed by atoms with van der Waals surface area (Å²) in [7, 11) is 1.18. The number of benzene rings is 1. The van der Waals surface area contributed by atoms with Crippen LogP contribution in [0.5, 0.6) is 0 Å². The van der Waals surface area contributed by atoms with Crippen LogP contribution in [0, 0.1) is 0 Å². The Morgan fingerprint density at radius 1 is 1.38 bits per heavy atom. The van der Waals surface area contributed by atoms with E-state index in [1.807, 2.05) is 30.5 Å². The molecule has 6 heteroatoms. The molecule has 3 N–H and O–H groups in total. The van der Waals surface area contributed by atoms with Crippen molar-refractivity contribution in [2.45, 2.75) is 18.9 Å². The van der Waals surface area contributed by atoms with Gasteiger partial charge in [0.1, 0.15) is 0 Å². The highest BCUT2D eigenvalue weighted by Gasteiger charge is 2.16. The van der Waals surface area contributed by atoms with Gasteiger partial charge in [-0.25, -0.2) is 4.79 Å². The molecule has 1 heterocycles. The minimum atomic E-state index is -1.33. The Hall–Kier alpha value is -2.34.